The molecule has 98 valence electrons. The average molecular weight is 239 g/mol. The van der Waals surface area contributed by atoms with E-state index in [9.17, 15) is 0 Å². The maximum atomic E-state index is 6.23. The maximum absolute atomic E-state index is 6.23. The van der Waals surface area contributed by atoms with Crippen molar-refractivity contribution in [2.75, 3.05) is 26.4 Å². The van der Waals surface area contributed by atoms with E-state index >= 15 is 0 Å². The van der Waals surface area contributed by atoms with E-state index in [-0.39, 0.29) is 5.60 Å². The Kier molecular flexibility index (Phi) is 3.69. The third kappa shape index (κ3) is 2.51. The van der Waals surface area contributed by atoms with E-state index in [1.807, 2.05) is 0 Å². The standard InChI is InChI=1S/C14H25NO2/c1-3-12(4-1)11-13-14(17-10-7-15-13)5-2-8-16-9-6-14/h12-13,15H,1-11H2. The molecule has 2 unspecified atom stereocenters. The van der Waals surface area contributed by atoms with Gasteiger partial charge in [-0.15, -0.1) is 0 Å². The fraction of sp³-hybridized carbons (Fsp3) is 1.00. The van der Waals surface area contributed by atoms with Crippen LogP contribution in [-0.4, -0.2) is 38.0 Å². The summed E-state index contributed by atoms with van der Waals surface area (Å²) in [6.45, 7) is 3.70. The van der Waals surface area contributed by atoms with E-state index in [1.54, 1.807) is 0 Å². The van der Waals surface area contributed by atoms with Gasteiger partial charge in [0.1, 0.15) is 0 Å². The molecule has 1 spiro atoms. The zero-order valence-electron chi connectivity index (χ0n) is 10.7. The molecule has 3 fully saturated rings. The van der Waals surface area contributed by atoms with Gasteiger partial charge in [-0.25, -0.2) is 0 Å². The maximum Gasteiger partial charge on any atom is 0.0858 e. The Morgan fingerprint density at radius 3 is 2.82 bits per heavy atom. The predicted molar refractivity (Wildman–Crippen MR) is 67.1 cm³/mol. The quantitative estimate of drug-likeness (QED) is 0.800. The van der Waals surface area contributed by atoms with Crippen molar-refractivity contribution in [1.82, 2.24) is 5.32 Å². The fourth-order valence-corrected chi connectivity index (χ4v) is 3.57. The third-order valence-corrected chi connectivity index (χ3v) is 4.87. The summed E-state index contributed by atoms with van der Waals surface area (Å²) >= 11 is 0. The molecule has 1 saturated carbocycles. The van der Waals surface area contributed by atoms with E-state index in [2.05, 4.69) is 5.32 Å². The topological polar surface area (TPSA) is 30.5 Å². The van der Waals surface area contributed by atoms with Gasteiger partial charge in [-0.1, -0.05) is 19.3 Å². The summed E-state index contributed by atoms with van der Waals surface area (Å²) in [5, 5.41) is 3.73. The molecule has 3 heteroatoms. The molecule has 3 rings (SSSR count). The normalized spacial score (nSPS) is 39.9. The highest BCUT2D eigenvalue weighted by Crippen LogP contribution is 2.38. The van der Waals surface area contributed by atoms with Crippen LogP contribution in [0.15, 0.2) is 0 Å². The molecule has 0 radical (unpaired) electrons. The number of hydrogen-bond acceptors (Lipinski definition) is 3. The van der Waals surface area contributed by atoms with E-state index < -0.39 is 0 Å². The molecule has 17 heavy (non-hydrogen) atoms. The van der Waals surface area contributed by atoms with Crippen LogP contribution in [-0.2, 0) is 9.47 Å². The number of ether oxygens (including phenoxy) is 2. The van der Waals surface area contributed by atoms with Crippen LogP contribution in [0.5, 0.6) is 0 Å². The zero-order valence-corrected chi connectivity index (χ0v) is 10.7. The molecule has 2 aliphatic heterocycles. The predicted octanol–water partition coefficient (Wildman–Crippen LogP) is 2.10. The molecule has 2 atom stereocenters. The van der Waals surface area contributed by atoms with Crippen molar-refractivity contribution in [3.63, 3.8) is 0 Å². The summed E-state index contributed by atoms with van der Waals surface area (Å²) in [4.78, 5) is 0. The Labute approximate surface area is 104 Å². The molecule has 0 amide bonds. The zero-order chi connectivity index (χ0) is 11.6. The minimum Gasteiger partial charge on any atom is -0.381 e. The van der Waals surface area contributed by atoms with Crippen molar-refractivity contribution in [3.05, 3.63) is 0 Å². The van der Waals surface area contributed by atoms with E-state index in [0.29, 0.717) is 6.04 Å². The van der Waals surface area contributed by atoms with Gasteiger partial charge in [0.2, 0.25) is 0 Å². The number of hydrogen-bond donors (Lipinski definition) is 1. The van der Waals surface area contributed by atoms with Crippen LogP contribution in [0, 0.1) is 5.92 Å². The van der Waals surface area contributed by atoms with Crippen LogP contribution in [0.1, 0.15) is 44.9 Å². The average Bonchev–Trinajstić information content (AvgIpc) is 2.52. The Bertz CT molecular complexity index is 245. The second kappa shape index (κ2) is 5.25. The number of morpholine rings is 1. The van der Waals surface area contributed by atoms with Crippen LogP contribution in [0.2, 0.25) is 0 Å². The molecular weight excluding hydrogens is 214 g/mol. The van der Waals surface area contributed by atoms with E-state index in [4.69, 9.17) is 9.47 Å². The first kappa shape index (κ1) is 11.9. The van der Waals surface area contributed by atoms with Gasteiger partial charge in [-0.3, -0.25) is 0 Å². The first-order valence-electron chi connectivity index (χ1n) is 7.34. The van der Waals surface area contributed by atoms with Gasteiger partial charge in [-0.2, -0.15) is 0 Å². The Morgan fingerprint density at radius 2 is 2.00 bits per heavy atom. The largest absolute Gasteiger partial charge is 0.381 e. The Morgan fingerprint density at radius 1 is 1.06 bits per heavy atom. The molecule has 0 bridgehead atoms. The summed E-state index contributed by atoms with van der Waals surface area (Å²) in [6, 6.07) is 0.572. The van der Waals surface area contributed by atoms with Crippen molar-refractivity contribution in [2.45, 2.75) is 56.6 Å². The van der Waals surface area contributed by atoms with E-state index in [1.165, 1.54) is 32.1 Å². The lowest BCUT2D eigenvalue weighted by atomic mass is 9.74. The molecule has 0 aromatic carbocycles. The summed E-state index contributed by atoms with van der Waals surface area (Å²) in [6.07, 6.45) is 9.04. The van der Waals surface area contributed by atoms with Gasteiger partial charge in [-0.05, 0) is 25.2 Å². The molecule has 2 heterocycles. The van der Waals surface area contributed by atoms with Crippen molar-refractivity contribution in [3.8, 4) is 0 Å². The molecule has 1 N–H and O–H groups in total. The summed E-state index contributed by atoms with van der Waals surface area (Å²) in [5.74, 6) is 0.954. The van der Waals surface area contributed by atoms with Crippen LogP contribution in [0.4, 0.5) is 0 Å². The number of nitrogens with one attached hydrogen (secondary N) is 1. The Balaban J connectivity index is 1.67. The van der Waals surface area contributed by atoms with Crippen LogP contribution in [0.25, 0.3) is 0 Å². The monoisotopic (exact) mass is 239 g/mol. The summed E-state index contributed by atoms with van der Waals surface area (Å²) in [5.41, 5.74) is 0.0876. The first-order valence-corrected chi connectivity index (χ1v) is 7.34. The van der Waals surface area contributed by atoms with Gasteiger partial charge >= 0.3 is 0 Å². The second-order valence-corrected chi connectivity index (χ2v) is 5.92. The van der Waals surface area contributed by atoms with Gasteiger partial charge in [0.15, 0.2) is 0 Å². The molecule has 0 aromatic rings. The molecule has 1 aliphatic carbocycles. The molecule has 2 saturated heterocycles. The Hall–Kier alpha value is -0.120. The number of rotatable bonds is 2. The molecule has 3 nitrogen and oxygen atoms in total. The minimum atomic E-state index is 0.0876. The lowest BCUT2D eigenvalue weighted by Gasteiger charge is -2.46. The molecule has 0 aromatic heterocycles. The highest BCUT2D eigenvalue weighted by Gasteiger charge is 2.43. The highest BCUT2D eigenvalue weighted by molar-refractivity contribution is 4.98. The summed E-state index contributed by atoms with van der Waals surface area (Å²) < 4.78 is 11.8. The van der Waals surface area contributed by atoms with Crippen LogP contribution < -0.4 is 5.32 Å². The van der Waals surface area contributed by atoms with Gasteiger partial charge in [0.25, 0.3) is 0 Å². The SMILES string of the molecule is C1CC(CC2NCCOC23CCCOCC3)C1. The van der Waals surface area contributed by atoms with Crippen molar-refractivity contribution in [2.24, 2.45) is 5.92 Å². The van der Waals surface area contributed by atoms with Crippen LogP contribution in [0.3, 0.4) is 0 Å². The third-order valence-electron chi connectivity index (χ3n) is 4.87. The minimum absolute atomic E-state index is 0.0876. The first-order chi connectivity index (χ1) is 8.39. The van der Waals surface area contributed by atoms with Gasteiger partial charge in [0.05, 0.1) is 12.2 Å². The fourth-order valence-electron chi connectivity index (χ4n) is 3.57. The molecule has 3 aliphatic rings. The lowest BCUT2D eigenvalue weighted by molar-refractivity contribution is -0.113. The van der Waals surface area contributed by atoms with Crippen molar-refractivity contribution < 1.29 is 9.47 Å². The lowest BCUT2D eigenvalue weighted by Crippen LogP contribution is -2.59. The summed E-state index contributed by atoms with van der Waals surface area (Å²) in [7, 11) is 0. The van der Waals surface area contributed by atoms with Gasteiger partial charge in [0, 0.05) is 32.2 Å². The smallest absolute Gasteiger partial charge is 0.0858 e. The van der Waals surface area contributed by atoms with Crippen molar-refractivity contribution in [1.29, 1.82) is 0 Å². The second-order valence-electron chi connectivity index (χ2n) is 5.92. The van der Waals surface area contributed by atoms with Gasteiger partial charge < -0.3 is 14.8 Å². The highest BCUT2D eigenvalue weighted by atomic mass is 16.5. The molecular formula is C14H25NO2. The van der Waals surface area contributed by atoms with E-state index in [0.717, 1.165) is 45.1 Å². The van der Waals surface area contributed by atoms with Crippen LogP contribution >= 0.6 is 0 Å². The van der Waals surface area contributed by atoms with Crippen molar-refractivity contribution >= 4 is 0 Å².